The van der Waals surface area contributed by atoms with E-state index in [0.29, 0.717) is 6.04 Å². The third-order valence-corrected chi connectivity index (χ3v) is 4.80. The standard InChI is InChI=1S/C16H30N4S.HI/c1-6-14(4)20(5)10-9-18-16(17-7-2)19-12-15-13(3)8-11-21-15;/h8,11,14H,6-7,9-10,12H2,1-5H3,(H2,17,18,19);1H. The van der Waals surface area contributed by atoms with Crippen LogP contribution < -0.4 is 10.6 Å². The molecule has 0 aliphatic heterocycles. The lowest BCUT2D eigenvalue weighted by atomic mass is 10.2. The fourth-order valence-electron chi connectivity index (χ4n) is 1.94. The Morgan fingerprint density at radius 3 is 2.64 bits per heavy atom. The number of nitrogens with one attached hydrogen (secondary N) is 2. The predicted molar refractivity (Wildman–Crippen MR) is 110 cm³/mol. The summed E-state index contributed by atoms with van der Waals surface area (Å²) in [4.78, 5) is 8.38. The summed E-state index contributed by atoms with van der Waals surface area (Å²) >= 11 is 1.77. The number of aliphatic imine (C=N–C) groups is 1. The van der Waals surface area contributed by atoms with Crippen LogP contribution in [0.2, 0.25) is 0 Å². The number of hydrogen-bond acceptors (Lipinski definition) is 3. The van der Waals surface area contributed by atoms with Crippen molar-refractivity contribution in [2.45, 2.75) is 46.7 Å². The molecule has 0 fully saturated rings. The van der Waals surface area contributed by atoms with Gasteiger partial charge in [0.05, 0.1) is 6.54 Å². The van der Waals surface area contributed by atoms with E-state index in [1.807, 2.05) is 0 Å². The molecule has 0 amide bonds. The number of hydrogen-bond donors (Lipinski definition) is 2. The fraction of sp³-hybridized carbons (Fsp3) is 0.688. The van der Waals surface area contributed by atoms with Crippen molar-refractivity contribution in [2.75, 3.05) is 26.7 Å². The molecule has 1 aromatic rings. The van der Waals surface area contributed by atoms with Crippen LogP contribution in [0.5, 0.6) is 0 Å². The Labute approximate surface area is 156 Å². The van der Waals surface area contributed by atoms with Crippen LogP contribution >= 0.6 is 35.3 Å². The number of rotatable bonds is 8. The Kier molecular flexibility index (Phi) is 11.9. The van der Waals surface area contributed by atoms with Crippen LogP contribution in [0.15, 0.2) is 16.4 Å². The van der Waals surface area contributed by atoms with Crippen molar-refractivity contribution < 1.29 is 0 Å². The van der Waals surface area contributed by atoms with Crippen LogP contribution in [0.25, 0.3) is 0 Å². The largest absolute Gasteiger partial charge is 0.357 e. The Balaban J connectivity index is 0.00000441. The summed E-state index contributed by atoms with van der Waals surface area (Å²) < 4.78 is 0. The van der Waals surface area contributed by atoms with Crippen molar-refractivity contribution in [2.24, 2.45) is 4.99 Å². The highest BCUT2D eigenvalue weighted by Gasteiger charge is 2.06. The Hall–Kier alpha value is -0.340. The van der Waals surface area contributed by atoms with Gasteiger partial charge in [0.2, 0.25) is 0 Å². The normalized spacial score (nSPS) is 12.9. The lowest BCUT2D eigenvalue weighted by molar-refractivity contribution is 0.255. The highest BCUT2D eigenvalue weighted by atomic mass is 127. The number of thiophene rings is 1. The molecule has 0 aromatic carbocycles. The molecule has 0 saturated carbocycles. The minimum Gasteiger partial charge on any atom is -0.357 e. The van der Waals surface area contributed by atoms with Crippen LogP contribution in [0.4, 0.5) is 0 Å². The molecule has 1 heterocycles. The van der Waals surface area contributed by atoms with Crippen molar-refractivity contribution in [1.82, 2.24) is 15.5 Å². The van der Waals surface area contributed by atoms with E-state index in [0.717, 1.165) is 32.1 Å². The molecule has 0 saturated heterocycles. The van der Waals surface area contributed by atoms with Crippen LogP contribution in [0, 0.1) is 6.92 Å². The monoisotopic (exact) mass is 438 g/mol. The zero-order chi connectivity index (χ0) is 15.7. The van der Waals surface area contributed by atoms with Gasteiger partial charge in [-0.15, -0.1) is 35.3 Å². The zero-order valence-corrected chi connectivity index (χ0v) is 17.6. The SMILES string of the molecule is CCNC(=NCc1sccc1C)NCCN(C)C(C)CC.I. The van der Waals surface area contributed by atoms with Gasteiger partial charge in [0.25, 0.3) is 0 Å². The van der Waals surface area contributed by atoms with Crippen molar-refractivity contribution >= 4 is 41.3 Å². The van der Waals surface area contributed by atoms with E-state index in [4.69, 9.17) is 0 Å². The maximum absolute atomic E-state index is 4.66. The first kappa shape index (κ1) is 21.7. The second-order valence-corrected chi connectivity index (χ2v) is 6.39. The number of halogens is 1. The third-order valence-electron chi connectivity index (χ3n) is 3.79. The first-order valence-corrected chi connectivity index (χ1v) is 8.71. The second kappa shape index (κ2) is 12.1. The topological polar surface area (TPSA) is 39.7 Å². The molecule has 1 atom stereocenters. The second-order valence-electron chi connectivity index (χ2n) is 5.39. The van der Waals surface area contributed by atoms with Gasteiger partial charge in [0.15, 0.2) is 5.96 Å². The smallest absolute Gasteiger partial charge is 0.191 e. The molecule has 6 heteroatoms. The molecule has 128 valence electrons. The highest BCUT2D eigenvalue weighted by molar-refractivity contribution is 14.0. The van der Waals surface area contributed by atoms with Gasteiger partial charge in [-0.1, -0.05) is 6.92 Å². The maximum Gasteiger partial charge on any atom is 0.191 e. The van der Waals surface area contributed by atoms with Crippen LogP contribution in [-0.4, -0.2) is 43.6 Å². The Bertz CT molecular complexity index is 434. The number of guanidine groups is 1. The average Bonchev–Trinajstić information content (AvgIpc) is 2.89. The summed E-state index contributed by atoms with van der Waals surface area (Å²) in [6, 6.07) is 2.77. The molecule has 2 N–H and O–H groups in total. The molecule has 0 aliphatic carbocycles. The van der Waals surface area contributed by atoms with E-state index >= 15 is 0 Å². The molecule has 1 unspecified atom stereocenters. The van der Waals surface area contributed by atoms with Crippen molar-refractivity contribution in [3.63, 3.8) is 0 Å². The summed E-state index contributed by atoms with van der Waals surface area (Å²) in [5, 5.41) is 8.85. The summed E-state index contributed by atoms with van der Waals surface area (Å²) in [5.74, 6) is 0.905. The molecule has 22 heavy (non-hydrogen) atoms. The van der Waals surface area contributed by atoms with Gasteiger partial charge in [0.1, 0.15) is 0 Å². The molecule has 0 spiro atoms. The van der Waals surface area contributed by atoms with Gasteiger partial charge in [-0.25, -0.2) is 4.99 Å². The summed E-state index contributed by atoms with van der Waals surface area (Å²) in [6.45, 7) is 12.3. The average molecular weight is 438 g/mol. The van der Waals surface area contributed by atoms with E-state index in [1.54, 1.807) is 11.3 Å². The van der Waals surface area contributed by atoms with Gasteiger partial charge < -0.3 is 15.5 Å². The number of aryl methyl sites for hydroxylation is 1. The maximum atomic E-state index is 4.66. The molecule has 0 bridgehead atoms. The Morgan fingerprint density at radius 2 is 2.09 bits per heavy atom. The first-order chi connectivity index (χ1) is 10.1. The van der Waals surface area contributed by atoms with E-state index in [2.05, 4.69) is 66.7 Å². The summed E-state index contributed by atoms with van der Waals surface area (Å²) in [6.07, 6.45) is 1.18. The summed E-state index contributed by atoms with van der Waals surface area (Å²) in [5.41, 5.74) is 1.33. The van der Waals surface area contributed by atoms with Crippen molar-refractivity contribution in [3.05, 3.63) is 21.9 Å². The van der Waals surface area contributed by atoms with Gasteiger partial charge >= 0.3 is 0 Å². The first-order valence-electron chi connectivity index (χ1n) is 7.83. The molecule has 0 radical (unpaired) electrons. The minimum absolute atomic E-state index is 0. The fourth-order valence-corrected chi connectivity index (χ4v) is 2.77. The highest BCUT2D eigenvalue weighted by Crippen LogP contribution is 2.16. The zero-order valence-electron chi connectivity index (χ0n) is 14.5. The third kappa shape index (κ3) is 7.78. The van der Waals surface area contributed by atoms with E-state index in [9.17, 15) is 0 Å². The molecule has 1 rings (SSSR count). The van der Waals surface area contributed by atoms with Crippen LogP contribution in [0.1, 0.15) is 37.6 Å². The minimum atomic E-state index is 0. The molecular weight excluding hydrogens is 407 g/mol. The van der Waals surface area contributed by atoms with Gasteiger partial charge in [-0.05, 0) is 51.2 Å². The van der Waals surface area contributed by atoms with Crippen LogP contribution in [-0.2, 0) is 6.54 Å². The van der Waals surface area contributed by atoms with Crippen molar-refractivity contribution in [3.8, 4) is 0 Å². The van der Waals surface area contributed by atoms with Gasteiger partial charge in [0, 0.05) is 30.6 Å². The van der Waals surface area contributed by atoms with E-state index in [1.165, 1.54) is 16.9 Å². The Morgan fingerprint density at radius 1 is 1.36 bits per heavy atom. The van der Waals surface area contributed by atoms with E-state index < -0.39 is 0 Å². The lowest BCUT2D eigenvalue weighted by Gasteiger charge is -2.23. The lowest BCUT2D eigenvalue weighted by Crippen LogP contribution is -2.42. The van der Waals surface area contributed by atoms with Crippen molar-refractivity contribution in [1.29, 1.82) is 0 Å². The van der Waals surface area contributed by atoms with Gasteiger partial charge in [-0.3, -0.25) is 0 Å². The quantitative estimate of drug-likeness (QED) is 0.371. The molecule has 0 aliphatic rings. The van der Waals surface area contributed by atoms with E-state index in [-0.39, 0.29) is 24.0 Å². The molecular formula is C16H31IN4S. The van der Waals surface area contributed by atoms with Crippen LogP contribution in [0.3, 0.4) is 0 Å². The number of likely N-dealkylation sites (N-methyl/N-ethyl adjacent to an activating group) is 1. The number of nitrogens with zero attached hydrogens (tertiary/aromatic N) is 2. The molecule has 1 aromatic heterocycles. The molecule has 4 nitrogen and oxygen atoms in total. The summed E-state index contributed by atoms with van der Waals surface area (Å²) in [7, 11) is 2.18. The van der Waals surface area contributed by atoms with Gasteiger partial charge in [-0.2, -0.15) is 0 Å². The predicted octanol–water partition coefficient (Wildman–Crippen LogP) is 3.46.